The van der Waals surface area contributed by atoms with Gasteiger partial charge in [0.1, 0.15) is 13.2 Å². The third kappa shape index (κ3) is 69.8. The normalized spacial score (nSPS) is 12.4. The van der Waals surface area contributed by atoms with E-state index in [1.807, 2.05) is 0 Å². The van der Waals surface area contributed by atoms with Gasteiger partial charge in [0.15, 0.2) is 6.10 Å². The number of hydrogen-bond donors (Lipinski definition) is 0. The molecule has 0 bridgehead atoms. The largest absolute Gasteiger partial charge is 0.462 e. The second-order valence-corrected chi connectivity index (χ2v) is 24.8. The van der Waals surface area contributed by atoms with Gasteiger partial charge in [0.05, 0.1) is 0 Å². The predicted octanol–water partition coefficient (Wildman–Crippen LogP) is 25.5. The number of hydrogen-bond acceptors (Lipinski definition) is 6. The molecule has 1 atom stereocenters. The summed E-state index contributed by atoms with van der Waals surface area (Å²) in [5, 5.41) is 0. The van der Waals surface area contributed by atoms with Crippen LogP contribution in [0, 0.1) is 0 Å². The maximum atomic E-state index is 12.9. The lowest BCUT2D eigenvalue weighted by atomic mass is 10.0. The lowest BCUT2D eigenvalue weighted by Crippen LogP contribution is -2.30. The van der Waals surface area contributed by atoms with Gasteiger partial charge < -0.3 is 14.2 Å². The first-order valence-electron chi connectivity index (χ1n) is 36.8. The van der Waals surface area contributed by atoms with Gasteiger partial charge in [-0.1, -0.05) is 332 Å². The van der Waals surface area contributed by atoms with Crippen LogP contribution in [0.1, 0.15) is 393 Å². The number of rotatable bonds is 68. The zero-order chi connectivity index (χ0) is 59.9. The number of esters is 3. The summed E-state index contributed by atoms with van der Waals surface area (Å²) in [6, 6.07) is 0. The molecule has 0 heterocycles. The molecule has 0 aromatic carbocycles. The first-order valence-corrected chi connectivity index (χ1v) is 36.8. The first-order chi connectivity index (χ1) is 41.0. The molecule has 6 heteroatoms. The van der Waals surface area contributed by atoms with Crippen molar-refractivity contribution in [1.29, 1.82) is 0 Å². The Morgan fingerprint density at radius 3 is 0.735 bits per heavy atom. The molecule has 0 aliphatic carbocycles. The molecule has 0 spiro atoms. The van der Waals surface area contributed by atoms with Crippen LogP contribution < -0.4 is 0 Å². The Labute approximate surface area is 517 Å². The van der Waals surface area contributed by atoms with Gasteiger partial charge in [0.25, 0.3) is 0 Å². The Balaban J connectivity index is 4.06. The topological polar surface area (TPSA) is 78.9 Å². The molecule has 0 aromatic heterocycles. The molecule has 0 aliphatic rings. The zero-order valence-corrected chi connectivity index (χ0v) is 55.7. The van der Waals surface area contributed by atoms with E-state index >= 15 is 0 Å². The van der Waals surface area contributed by atoms with Crippen molar-refractivity contribution in [3.05, 3.63) is 60.8 Å². The highest BCUT2D eigenvalue weighted by atomic mass is 16.6. The van der Waals surface area contributed by atoms with E-state index in [4.69, 9.17) is 14.2 Å². The van der Waals surface area contributed by atoms with Crippen LogP contribution in [0.4, 0.5) is 0 Å². The molecule has 1 unspecified atom stereocenters. The number of carbonyl (C=O) groups excluding carboxylic acids is 3. The molecule has 0 saturated carbocycles. The SMILES string of the molecule is CCCC/C=C\CCCCCCCC(=O)OCC(COC(=O)CCCCCCCCCCCCCCCCCCCCCCCCC/C=C\C/C=C\CCCCCCC)OC(=O)CCCCCCCCCCC/C=C\C/C=C\CCCCC. The van der Waals surface area contributed by atoms with Crippen molar-refractivity contribution in [1.82, 2.24) is 0 Å². The summed E-state index contributed by atoms with van der Waals surface area (Å²) in [7, 11) is 0. The summed E-state index contributed by atoms with van der Waals surface area (Å²) in [6.07, 6.45) is 92.8. The van der Waals surface area contributed by atoms with Gasteiger partial charge in [0.2, 0.25) is 0 Å². The minimum Gasteiger partial charge on any atom is -0.462 e. The fourth-order valence-corrected chi connectivity index (χ4v) is 10.9. The van der Waals surface area contributed by atoms with E-state index in [1.54, 1.807) is 0 Å². The van der Waals surface area contributed by atoms with Crippen LogP contribution in [0.3, 0.4) is 0 Å². The van der Waals surface area contributed by atoms with Gasteiger partial charge in [0, 0.05) is 19.3 Å². The van der Waals surface area contributed by atoms with Crippen LogP contribution in [-0.2, 0) is 28.6 Å². The highest BCUT2D eigenvalue weighted by molar-refractivity contribution is 5.71. The number of ether oxygens (including phenoxy) is 3. The van der Waals surface area contributed by atoms with Crippen LogP contribution in [0.15, 0.2) is 60.8 Å². The molecular weight excluding hydrogens is 1020 g/mol. The van der Waals surface area contributed by atoms with Crippen molar-refractivity contribution in [2.24, 2.45) is 0 Å². The summed E-state index contributed by atoms with van der Waals surface area (Å²) in [5.74, 6) is -0.866. The fourth-order valence-electron chi connectivity index (χ4n) is 10.9. The van der Waals surface area contributed by atoms with E-state index in [1.165, 1.54) is 276 Å². The van der Waals surface area contributed by atoms with Crippen molar-refractivity contribution >= 4 is 17.9 Å². The molecule has 0 aliphatic heterocycles. The summed E-state index contributed by atoms with van der Waals surface area (Å²) in [6.45, 7) is 6.61. The van der Waals surface area contributed by atoms with Gasteiger partial charge in [-0.25, -0.2) is 0 Å². The summed E-state index contributed by atoms with van der Waals surface area (Å²) >= 11 is 0. The van der Waals surface area contributed by atoms with Crippen molar-refractivity contribution < 1.29 is 28.6 Å². The Morgan fingerprint density at radius 2 is 0.446 bits per heavy atom. The summed E-state index contributed by atoms with van der Waals surface area (Å²) in [5.41, 5.74) is 0. The van der Waals surface area contributed by atoms with Crippen LogP contribution in [0.2, 0.25) is 0 Å². The van der Waals surface area contributed by atoms with Crippen LogP contribution in [0.5, 0.6) is 0 Å². The second kappa shape index (κ2) is 71.6. The third-order valence-electron chi connectivity index (χ3n) is 16.5. The maximum Gasteiger partial charge on any atom is 0.306 e. The van der Waals surface area contributed by atoms with Crippen molar-refractivity contribution in [2.75, 3.05) is 13.2 Å². The zero-order valence-electron chi connectivity index (χ0n) is 55.7. The van der Waals surface area contributed by atoms with Gasteiger partial charge >= 0.3 is 17.9 Å². The second-order valence-electron chi connectivity index (χ2n) is 24.8. The van der Waals surface area contributed by atoms with E-state index < -0.39 is 6.10 Å². The number of unbranched alkanes of at least 4 members (excludes halogenated alkanes) is 47. The lowest BCUT2D eigenvalue weighted by Gasteiger charge is -2.18. The Kier molecular flexibility index (Phi) is 69.1. The van der Waals surface area contributed by atoms with E-state index in [2.05, 4.69) is 81.5 Å². The van der Waals surface area contributed by atoms with Crippen molar-refractivity contribution in [3.63, 3.8) is 0 Å². The molecule has 0 saturated heterocycles. The third-order valence-corrected chi connectivity index (χ3v) is 16.5. The van der Waals surface area contributed by atoms with Gasteiger partial charge in [-0.2, -0.15) is 0 Å². The van der Waals surface area contributed by atoms with Crippen molar-refractivity contribution in [3.8, 4) is 0 Å². The number of carbonyl (C=O) groups is 3. The minimum atomic E-state index is -0.778. The van der Waals surface area contributed by atoms with E-state index in [-0.39, 0.29) is 31.1 Å². The molecule has 484 valence electrons. The highest BCUT2D eigenvalue weighted by Gasteiger charge is 2.19. The fraction of sp³-hybridized carbons (Fsp3) is 0.831. The van der Waals surface area contributed by atoms with Crippen LogP contribution in [-0.4, -0.2) is 37.2 Å². The van der Waals surface area contributed by atoms with E-state index in [0.29, 0.717) is 19.3 Å². The van der Waals surface area contributed by atoms with Gasteiger partial charge in [-0.15, -0.1) is 0 Å². The standard InChI is InChI=1S/C77H140O6/c1-4-7-10-13-16-19-22-24-26-28-30-31-32-33-34-35-36-37-38-39-40-41-42-43-44-45-47-48-50-52-55-58-61-64-67-70-76(79)82-73-74(72-81-75(78)69-66-63-60-57-54-21-18-15-12-9-6-3)83-77(80)71-68-65-62-59-56-53-51-49-46-29-27-25-23-20-17-14-11-8-5-2/h15,17-18,20,22,24-25,27-28,30,74H,4-14,16,19,21,23,26,29,31-73H2,1-3H3/b18-15-,20-17-,24-22-,27-25-,30-28-. The Morgan fingerprint density at radius 1 is 0.241 bits per heavy atom. The van der Waals surface area contributed by atoms with Crippen molar-refractivity contribution in [2.45, 2.75) is 399 Å². The van der Waals surface area contributed by atoms with E-state index in [9.17, 15) is 14.4 Å². The van der Waals surface area contributed by atoms with Crippen LogP contribution >= 0.6 is 0 Å². The van der Waals surface area contributed by atoms with Crippen LogP contribution in [0.25, 0.3) is 0 Å². The molecule has 0 radical (unpaired) electrons. The molecule has 0 aromatic rings. The average Bonchev–Trinajstić information content (AvgIpc) is 3.48. The average molecular weight is 1160 g/mol. The van der Waals surface area contributed by atoms with E-state index in [0.717, 1.165) is 77.0 Å². The lowest BCUT2D eigenvalue weighted by molar-refractivity contribution is -0.167. The van der Waals surface area contributed by atoms with Gasteiger partial charge in [-0.05, 0) is 103 Å². The maximum absolute atomic E-state index is 12.9. The molecule has 0 N–H and O–H groups in total. The Hall–Kier alpha value is -2.89. The quantitative estimate of drug-likeness (QED) is 0.0261. The molecular formula is C77H140O6. The molecule has 0 rings (SSSR count). The Bertz CT molecular complexity index is 1470. The summed E-state index contributed by atoms with van der Waals surface area (Å²) in [4.78, 5) is 38.3. The molecule has 83 heavy (non-hydrogen) atoms. The number of allylic oxidation sites excluding steroid dienone is 10. The monoisotopic (exact) mass is 1160 g/mol. The molecule has 6 nitrogen and oxygen atoms in total. The first kappa shape index (κ1) is 80.1. The smallest absolute Gasteiger partial charge is 0.306 e. The summed E-state index contributed by atoms with van der Waals surface area (Å²) < 4.78 is 17.0. The highest BCUT2D eigenvalue weighted by Crippen LogP contribution is 2.18. The molecule has 0 amide bonds. The minimum absolute atomic E-state index is 0.0743. The predicted molar refractivity (Wildman–Crippen MR) is 362 cm³/mol. The van der Waals surface area contributed by atoms with Gasteiger partial charge in [-0.3, -0.25) is 14.4 Å². The molecule has 0 fully saturated rings.